The van der Waals surface area contributed by atoms with Crippen LogP contribution < -0.4 is 10.8 Å². The molecule has 0 fully saturated rings. The van der Waals surface area contributed by atoms with Gasteiger partial charge < -0.3 is 10.4 Å². The van der Waals surface area contributed by atoms with Crippen LogP contribution in [-0.2, 0) is 16.1 Å². The van der Waals surface area contributed by atoms with Crippen LogP contribution >= 0.6 is 0 Å². The lowest BCUT2D eigenvalue weighted by molar-refractivity contribution is -0.144. The molecule has 0 spiro atoms. The van der Waals surface area contributed by atoms with E-state index in [0.29, 0.717) is 13.0 Å². The van der Waals surface area contributed by atoms with E-state index in [1.165, 1.54) is 0 Å². The minimum Gasteiger partial charge on any atom is -0.479 e. The van der Waals surface area contributed by atoms with Crippen molar-refractivity contribution in [2.75, 3.05) is 13.2 Å². The van der Waals surface area contributed by atoms with Crippen molar-refractivity contribution in [3.05, 3.63) is 30.1 Å². The highest BCUT2D eigenvalue weighted by molar-refractivity contribution is 5.73. The monoisotopic (exact) mass is 239 g/mol. The van der Waals surface area contributed by atoms with E-state index in [1.807, 2.05) is 17.6 Å². The Bertz CT molecular complexity index is 369. The van der Waals surface area contributed by atoms with Gasteiger partial charge in [0.05, 0.1) is 0 Å². The maximum Gasteiger partial charge on any atom is 0.338 e. The van der Waals surface area contributed by atoms with E-state index in [-0.39, 0.29) is 0 Å². The van der Waals surface area contributed by atoms with Gasteiger partial charge in [-0.1, -0.05) is 6.07 Å². The van der Waals surface area contributed by atoms with Crippen molar-refractivity contribution in [1.82, 2.24) is 15.8 Å². The summed E-state index contributed by atoms with van der Waals surface area (Å²) in [5.41, 5.74) is 2.95. The van der Waals surface area contributed by atoms with Crippen LogP contribution in [0.25, 0.3) is 0 Å². The van der Waals surface area contributed by atoms with Gasteiger partial charge in [-0.2, -0.15) is 0 Å². The van der Waals surface area contributed by atoms with Crippen molar-refractivity contribution in [3.63, 3.8) is 0 Å². The molecule has 1 rings (SSSR count). The number of aliphatic carboxylic acids is 1. The first-order valence-corrected chi connectivity index (χ1v) is 4.95. The summed E-state index contributed by atoms with van der Waals surface area (Å²) in [6.07, 6.45) is 4.02. The Kier molecular flexibility index (Phi) is 5.45. The topological polar surface area (TPSA) is 101 Å². The van der Waals surface area contributed by atoms with Crippen molar-refractivity contribution >= 4 is 12.0 Å². The SMILES string of the molecule is O=C(O)CONC(=O)NCCc1cccnc1. The van der Waals surface area contributed by atoms with E-state index < -0.39 is 18.6 Å². The zero-order valence-electron chi connectivity index (χ0n) is 9.05. The van der Waals surface area contributed by atoms with Gasteiger partial charge in [0, 0.05) is 18.9 Å². The summed E-state index contributed by atoms with van der Waals surface area (Å²) >= 11 is 0. The van der Waals surface area contributed by atoms with Crippen LogP contribution in [0.2, 0.25) is 0 Å². The summed E-state index contributed by atoms with van der Waals surface area (Å²) < 4.78 is 0. The molecule has 0 bridgehead atoms. The lowest BCUT2D eigenvalue weighted by Crippen LogP contribution is -2.37. The number of nitrogens with one attached hydrogen (secondary N) is 2. The number of carboxylic acids is 1. The fourth-order valence-corrected chi connectivity index (χ4v) is 1.07. The molecule has 92 valence electrons. The number of urea groups is 1. The number of carbonyl (C=O) groups excluding carboxylic acids is 1. The summed E-state index contributed by atoms with van der Waals surface area (Å²) in [5.74, 6) is -1.15. The fraction of sp³-hybridized carbons (Fsp3) is 0.300. The van der Waals surface area contributed by atoms with Gasteiger partial charge in [0.2, 0.25) is 0 Å². The predicted molar refractivity (Wildman–Crippen MR) is 58.1 cm³/mol. The molecule has 0 saturated heterocycles. The number of aromatic nitrogens is 1. The summed E-state index contributed by atoms with van der Waals surface area (Å²) in [6.45, 7) is -0.163. The lowest BCUT2D eigenvalue weighted by atomic mass is 10.2. The molecule has 2 amide bonds. The first kappa shape index (κ1) is 12.9. The molecule has 1 aromatic heterocycles. The number of hydrogen-bond acceptors (Lipinski definition) is 4. The summed E-state index contributed by atoms with van der Waals surface area (Å²) in [5, 5.41) is 10.8. The van der Waals surface area contributed by atoms with Crippen molar-refractivity contribution < 1.29 is 19.5 Å². The highest BCUT2D eigenvalue weighted by atomic mass is 16.7. The third kappa shape index (κ3) is 6.10. The second-order valence-corrected chi connectivity index (χ2v) is 3.15. The number of carbonyl (C=O) groups is 2. The van der Waals surface area contributed by atoms with Crippen molar-refractivity contribution in [1.29, 1.82) is 0 Å². The molecular weight excluding hydrogens is 226 g/mol. The van der Waals surface area contributed by atoms with Gasteiger partial charge in [0.1, 0.15) is 0 Å². The van der Waals surface area contributed by atoms with E-state index in [4.69, 9.17) is 5.11 Å². The molecule has 0 aliphatic carbocycles. The maximum atomic E-state index is 11.1. The molecule has 17 heavy (non-hydrogen) atoms. The largest absolute Gasteiger partial charge is 0.479 e. The third-order valence-electron chi connectivity index (χ3n) is 1.78. The van der Waals surface area contributed by atoms with Crippen LogP contribution in [0.15, 0.2) is 24.5 Å². The molecule has 0 saturated carbocycles. The Balaban J connectivity index is 2.10. The van der Waals surface area contributed by atoms with Crippen molar-refractivity contribution in [3.8, 4) is 0 Å². The van der Waals surface area contributed by atoms with Crippen LogP contribution in [0.5, 0.6) is 0 Å². The van der Waals surface area contributed by atoms with Gasteiger partial charge in [-0.05, 0) is 18.1 Å². The molecule has 0 atom stereocenters. The zero-order valence-corrected chi connectivity index (χ0v) is 9.05. The highest BCUT2D eigenvalue weighted by Crippen LogP contribution is 1.95. The second kappa shape index (κ2) is 7.18. The minimum absolute atomic E-state index is 0.411. The second-order valence-electron chi connectivity index (χ2n) is 3.15. The number of hydroxylamine groups is 1. The van der Waals surface area contributed by atoms with Gasteiger partial charge in [0.25, 0.3) is 0 Å². The molecule has 3 N–H and O–H groups in total. The first-order valence-electron chi connectivity index (χ1n) is 4.95. The molecule has 1 aromatic rings. The van der Waals surface area contributed by atoms with Crippen molar-refractivity contribution in [2.24, 2.45) is 0 Å². The van der Waals surface area contributed by atoms with E-state index in [1.54, 1.807) is 12.4 Å². The van der Waals surface area contributed by atoms with Gasteiger partial charge >= 0.3 is 12.0 Å². The number of rotatable bonds is 6. The third-order valence-corrected chi connectivity index (χ3v) is 1.78. The van der Waals surface area contributed by atoms with Gasteiger partial charge in [-0.15, -0.1) is 0 Å². The molecule has 7 heteroatoms. The quantitative estimate of drug-likeness (QED) is 0.604. The number of hydrogen-bond donors (Lipinski definition) is 3. The summed E-state index contributed by atoms with van der Waals surface area (Å²) in [6, 6.07) is 3.13. The normalized spacial score (nSPS) is 9.65. The predicted octanol–water partition coefficient (Wildman–Crippen LogP) is -0.0605. The van der Waals surface area contributed by atoms with Gasteiger partial charge in [-0.3, -0.25) is 9.82 Å². The van der Waals surface area contributed by atoms with Crippen LogP contribution in [0, 0.1) is 0 Å². The highest BCUT2D eigenvalue weighted by Gasteiger charge is 2.01. The first-order chi connectivity index (χ1) is 8.18. The number of amides is 2. The number of nitrogens with zero attached hydrogens (tertiary/aromatic N) is 1. The van der Waals surface area contributed by atoms with Crippen LogP contribution in [0.1, 0.15) is 5.56 Å². The van der Waals surface area contributed by atoms with Crippen LogP contribution in [0.4, 0.5) is 4.79 Å². The molecule has 7 nitrogen and oxygen atoms in total. The zero-order chi connectivity index (χ0) is 12.5. The van der Waals surface area contributed by atoms with Crippen LogP contribution in [-0.4, -0.2) is 35.2 Å². The van der Waals surface area contributed by atoms with Gasteiger partial charge in [0.15, 0.2) is 6.61 Å². The van der Waals surface area contributed by atoms with E-state index in [9.17, 15) is 9.59 Å². The Morgan fingerprint density at radius 2 is 2.29 bits per heavy atom. The minimum atomic E-state index is -1.15. The molecule has 0 radical (unpaired) electrons. The Labute approximate surface area is 97.8 Å². The molecule has 0 aliphatic rings. The lowest BCUT2D eigenvalue weighted by Gasteiger charge is -2.06. The Morgan fingerprint density at radius 3 is 2.94 bits per heavy atom. The fourth-order valence-electron chi connectivity index (χ4n) is 1.07. The number of carboxylic acid groups (broad SMARTS) is 1. The van der Waals surface area contributed by atoms with Gasteiger partial charge in [-0.25, -0.2) is 15.1 Å². The van der Waals surface area contributed by atoms with E-state index in [0.717, 1.165) is 5.56 Å². The number of pyridine rings is 1. The average Bonchev–Trinajstić information content (AvgIpc) is 2.30. The summed E-state index contributed by atoms with van der Waals surface area (Å²) in [7, 11) is 0. The summed E-state index contributed by atoms with van der Waals surface area (Å²) in [4.78, 5) is 29.5. The smallest absolute Gasteiger partial charge is 0.338 e. The van der Waals surface area contributed by atoms with E-state index in [2.05, 4.69) is 15.1 Å². The molecular formula is C10H13N3O4. The maximum absolute atomic E-state index is 11.1. The Hall–Kier alpha value is -2.15. The molecule has 0 aromatic carbocycles. The average molecular weight is 239 g/mol. The molecule has 1 heterocycles. The van der Waals surface area contributed by atoms with Crippen LogP contribution in [0.3, 0.4) is 0 Å². The van der Waals surface area contributed by atoms with E-state index >= 15 is 0 Å². The molecule has 0 unspecified atom stereocenters. The molecule has 0 aliphatic heterocycles. The standard InChI is InChI=1S/C10H13N3O4/c14-9(15)7-17-13-10(16)12-5-3-8-2-1-4-11-6-8/h1-2,4,6H,3,5,7H2,(H,14,15)(H2,12,13,16). The van der Waals surface area contributed by atoms with Crippen molar-refractivity contribution in [2.45, 2.75) is 6.42 Å². The Morgan fingerprint density at radius 1 is 1.47 bits per heavy atom.